The summed E-state index contributed by atoms with van der Waals surface area (Å²) < 4.78 is 7.14. The Morgan fingerprint density at radius 1 is 1.16 bits per heavy atom. The highest BCUT2D eigenvalue weighted by Crippen LogP contribution is 2.31. The highest BCUT2D eigenvalue weighted by Gasteiger charge is 2.22. The minimum atomic E-state index is -0.351. The fourth-order valence-corrected chi connectivity index (χ4v) is 4.37. The largest absolute Gasteiger partial charge is 0.480 e. The van der Waals surface area contributed by atoms with Crippen molar-refractivity contribution in [2.75, 3.05) is 14.2 Å². The zero-order valence-electron chi connectivity index (χ0n) is 21.7. The van der Waals surface area contributed by atoms with Gasteiger partial charge in [-0.15, -0.1) is 0 Å². The number of benzene rings is 1. The number of hydrogen-bond donors (Lipinski definition) is 3. The molecule has 10 nitrogen and oxygen atoms in total. The molecule has 0 bridgehead atoms. The van der Waals surface area contributed by atoms with E-state index in [9.17, 15) is 9.59 Å². The van der Waals surface area contributed by atoms with Crippen LogP contribution in [0.1, 0.15) is 60.2 Å². The molecule has 194 valence electrons. The Bertz CT molecular complexity index is 1390. The van der Waals surface area contributed by atoms with Crippen molar-refractivity contribution in [3.63, 3.8) is 0 Å². The molecule has 3 aromatic heterocycles. The van der Waals surface area contributed by atoms with Crippen LogP contribution in [0.15, 0.2) is 42.6 Å². The van der Waals surface area contributed by atoms with E-state index in [1.165, 1.54) is 0 Å². The van der Waals surface area contributed by atoms with Crippen LogP contribution >= 0.6 is 0 Å². The first-order valence-corrected chi connectivity index (χ1v) is 12.4. The van der Waals surface area contributed by atoms with Crippen LogP contribution in [-0.4, -0.2) is 50.7 Å². The maximum Gasteiger partial charge on any atom is 0.270 e. The number of hydrogen-bond acceptors (Lipinski definition) is 6. The van der Waals surface area contributed by atoms with Crippen molar-refractivity contribution in [3.05, 3.63) is 59.8 Å². The molecular weight excluding hydrogens is 470 g/mol. The van der Waals surface area contributed by atoms with Gasteiger partial charge in [-0.25, -0.2) is 9.97 Å². The quantitative estimate of drug-likeness (QED) is 0.267. The first-order valence-electron chi connectivity index (χ1n) is 12.4. The van der Waals surface area contributed by atoms with Gasteiger partial charge in [0, 0.05) is 25.9 Å². The summed E-state index contributed by atoms with van der Waals surface area (Å²) in [4.78, 5) is 37.3. The first kappa shape index (κ1) is 25.9. The van der Waals surface area contributed by atoms with Crippen molar-refractivity contribution in [2.45, 2.75) is 45.1 Å². The molecule has 4 rings (SSSR count). The maximum absolute atomic E-state index is 13.1. The number of fused-ring (bicyclic) bond motifs is 1. The number of aryl methyl sites for hydroxylation is 2. The average molecular weight is 504 g/mol. The number of pyridine rings is 1. The number of aromatic amines is 1. The molecule has 10 heteroatoms. The lowest BCUT2D eigenvalue weighted by Crippen LogP contribution is -2.30. The second-order valence-electron chi connectivity index (χ2n) is 9.01. The molecular formula is C27H33N7O3. The van der Waals surface area contributed by atoms with E-state index in [0.717, 1.165) is 47.1 Å². The van der Waals surface area contributed by atoms with Crippen LogP contribution in [0.5, 0.6) is 5.88 Å². The number of unbranched alkanes of at least 4 members (excludes halogenated alkanes) is 2. The average Bonchev–Trinajstić information content (AvgIpc) is 3.52. The number of H-pyrrole nitrogens is 1. The van der Waals surface area contributed by atoms with Gasteiger partial charge < -0.3 is 20.4 Å². The van der Waals surface area contributed by atoms with Gasteiger partial charge in [0.15, 0.2) is 0 Å². The van der Waals surface area contributed by atoms with Crippen LogP contribution in [0.2, 0.25) is 0 Å². The molecule has 3 N–H and O–H groups in total. The van der Waals surface area contributed by atoms with Gasteiger partial charge in [0.1, 0.15) is 11.5 Å². The standard InChI is InChI=1S/C27H33N7O3/c1-17-14-23(34(3)33-17)26(36)31-21(12-6-5-7-13-24(35)28-2)25-29-16-22(30-25)19-15-18-10-8-9-11-20(18)32-27(19)37-4/h8-11,14-16,21H,5-7,12-13H2,1-4H3,(H,28,35)(H,29,30)(H,31,36). The van der Waals surface area contributed by atoms with Gasteiger partial charge in [0.25, 0.3) is 5.91 Å². The van der Waals surface area contributed by atoms with Gasteiger partial charge in [-0.3, -0.25) is 14.3 Å². The van der Waals surface area contributed by atoms with E-state index >= 15 is 0 Å². The third-order valence-corrected chi connectivity index (χ3v) is 6.31. The van der Waals surface area contributed by atoms with Crippen molar-refractivity contribution in [1.29, 1.82) is 0 Å². The molecule has 1 atom stereocenters. The van der Waals surface area contributed by atoms with Crippen molar-refractivity contribution < 1.29 is 14.3 Å². The summed E-state index contributed by atoms with van der Waals surface area (Å²) in [6, 6.07) is 11.3. The fourth-order valence-electron chi connectivity index (χ4n) is 4.37. The van der Waals surface area contributed by atoms with Crippen LogP contribution in [0, 0.1) is 6.92 Å². The number of imidazole rings is 1. The Morgan fingerprint density at radius 3 is 2.70 bits per heavy atom. The molecule has 0 fully saturated rings. The van der Waals surface area contributed by atoms with Gasteiger partial charge in [0.2, 0.25) is 11.8 Å². The van der Waals surface area contributed by atoms with Crippen molar-refractivity contribution >= 4 is 22.7 Å². The van der Waals surface area contributed by atoms with Crippen LogP contribution < -0.4 is 15.4 Å². The summed E-state index contributed by atoms with van der Waals surface area (Å²) in [5, 5.41) is 11.0. The summed E-state index contributed by atoms with van der Waals surface area (Å²) >= 11 is 0. The summed E-state index contributed by atoms with van der Waals surface area (Å²) in [5.41, 5.74) is 3.64. The molecule has 0 aliphatic rings. The number of carbonyl (C=O) groups excluding carboxylic acids is 2. The third kappa shape index (κ3) is 6.14. The lowest BCUT2D eigenvalue weighted by molar-refractivity contribution is -0.120. The number of nitrogens with zero attached hydrogens (tertiary/aromatic N) is 4. The molecule has 0 saturated heterocycles. The Kier molecular flexibility index (Phi) is 8.17. The number of ether oxygens (including phenoxy) is 1. The normalized spacial score (nSPS) is 11.9. The molecule has 4 aromatic rings. The lowest BCUT2D eigenvalue weighted by Gasteiger charge is -2.17. The van der Waals surface area contributed by atoms with E-state index in [-0.39, 0.29) is 17.9 Å². The number of nitrogens with one attached hydrogen (secondary N) is 3. The molecule has 0 aliphatic carbocycles. The van der Waals surface area contributed by atoms with E-state index in [0.29, 0.717) is 30.2 Å². The Hall–Kier alpha value is -4.21. The van der Waals surface area contributed by atoms with Crippen LogP contribution in [0.3, 0.4) is 0 Å². The van der Waals surface area contributed by atoms with Crippen molar-refractivity contribution in [1.82, 2.24) is 35.4 Å². The predicted molar refractivity (Wildman–Crippen MR) is 141 cm³/mol. The van der Waals surface area contributed by atoms with E-state index < -0.39 is 0 Å². The molecule has 0 saturated carbocycles. The summed E-state index contributed by atoms with van der Waals surface area (Å²) in [5.74, 6) is 0.948. The third-order valence-electron chi connectivity index (χ3n) is 6.31. The second-order valence-corrected chi connectivity index (χ2v) is 9.01. The molecule has 1 unspecified atom stereocenters. The van der Waals surface area contributed by atoms with Gasteiger partial charge in [-0.1, -0.05) is 31.0 Å². The van der Waals surface area contributed by atoms with E-state index in [2.05, 4.69) is 30.7 Å². The predicted octanol–water partition coefficient (Wildman–Crippen LogP) is 3.84. The van der Waals surface area contributed by atoms with E-state index in [1.54, 1.807) is 38.2 Å². The maximum atomic E-state index is 13.1. The van der Waals surface area contributed by atoms with Crippen molar-refractivity contribution in [2.24, 2.45) is 7.05 Å². The summed E-state index contributed by atoms with van der Waals surface area (Å²) in [6.07, 6.45) is 5.36. The van der Waals surface area contributed by atoms with Crippen LogP contribution in [0.25, 0.3) is 22.2 Å². The Labute approximate surface area is 215 Å². The smallest absolute Gasteiger partial charge is 0.270 e. The molecule has 0 aliphatic heterocycles. The van der Waals surface area contributed by atoms with E-state index in [1.807, 2.05) is 37.3 Å². The fraction of sp³-hybridized carbons (Fsp3) is 0.370. The van der Waals surface area contributed by atoms with Crippen molar-refractivity contribution in [3.8, 4) is 17.1 Å². The topological polar surface area (TPSA) is 127 Å². The number of para-hydroxylation sites is 1. The second kappa shape index (κ2) is 11.7. The molecule has 2 amide bonds. The van der Waals surface area contributed by atoms with Crippen LogP contribution in [0.4, 0.5) is 0 Å². The lowest BCUT2D eigenvalue weighted by atomic mass is 10.1. The molecule has 0 radical (unpaired) electrons. The Balaban J connectivity index is 1.57. The van der Waals surface area contributed by atoms with Gasteiger partial charge in [-0.2, -0.15) is 5.10 Å². The zero-order chi connectivity index (χ0) is 26.4. The number of aromatic nitrogens is 5. The summed E-state index contributed by atoms with van der Waals surface area (Å²) in [6.45, 7) is 1.85. The highest BCUT2D eigenvalue weighted by molar-refractivity contribution is 5.93. The highest BCUT2D eigenvalue weighted by atomic mass is 16.5. The molecule has 0 spiro atoms. The number of methoxy groups -OCH3 is 1. The minimum Gasteiger partial charge on any atom is -0.480 e. The minimum absolute atomic E-state index is 0.0325. The van der Waals surface area contributed by atoms with Gasteiger partial charge >= 0.3 is 0 Å². The zero-order valence-corrected chi connectivity index (χ0v) is 21.7. The number of amides is 2. The molecule has 3 heterocycles. The first-order chi connectivity index (χ1) is 17.9. The van der Waals surface area contributed by atoms with Gasteiger partial charge in [-0.05, 0) is 38.0 Å². The molecule has 37 heavy (non-hydrogen) atoms. The van der Waals surface area contributed by atoms with E-state index in [4.69, 9.17) is 4.74 Å². The number of carbonyl (C=O) groups is 2. The number of rotatable bonds is 11. The monoisotopic (exact) mass is 503 g/mol. The SMILES string of the molecule is CNC(=O)CCCCCC(NC(=O)c1cc(C)nn1C)c1ncc(-c2cc3ccccc3nc2OC)[nH]1. The van der Waals surface area contributed by atoms with Gasteiger partial charge in [0.05, 0.1) is 41.8 Å². The summed E-state index contributed by atoms with van der Waals surface area (Å²) in [7, 11) is 4.98. The van der Waals surface area contributed by atoms with Crippen LogP contribution in [-0.2, 0) is 11.8 Å². The Morgan fingerprint density at radius 2 is 1.97 bits per heavy atom. The molecule has 1 aromatic carbocycles.